The molecule has 17 heavy (non-hydrogen) atoms. The van der Waals surface area contributed by atoms with Gasteiger partial charge in [0.05, 0.1) is 38.6 Å². The van der Waals surface area contributed by atoms with Crippen molar-refractivity contribution in [3.8, 4) is 0 Å². The third-order valence-corrected chi connectivity index (χ3v) is 4.24. The Hall–Kier alpha value is -0.200. The van der Waals surface area contributed by atoms with E-state index < -0.39 is 6.16 Å². The molecule has 0 radical (unpaired) electrons. The minimum atomic E-state index is -1.20. The van der Waals surface area contributed by atoms with Crippen LogP contribution in [0.3, 0.4) is 0 Å². The van der Waals surface area contributed by atoms with Crippen molar-refractivity contribution < 1.29 is 23.7 Å². The molecule has 0 N–H and O–H groups in total. The molecular weight excluding hydrogens is 224 g/mol. The summed E-state index contributed by atoms with van der Waals surface area (Å²) in [4.78, 5) is 0. The van der Waals surface area contributed by atoms with E-state index in [1.165, 1.54) is 0 Å². The van der Waals surface area contributed by atoms with E-state index in [9.17, 15) is 0 Å². The minimum Gasteiger partial charge on any atom is -0.370 e. The fraction of sp³-hybridized carbons (Fsp3) is 1.00. The van der Waals surface area contributed by atoms with Crippen LogP contribution >= 0.6 is 0 Å². The Morgan fingerprint density at radius 1 is 0.882 bits per heavy atom. The topological polar surface area (TPSA) is 49.5 Å². The summed E-state index contributed by atoms with van der Waals surface area (Å²) in [5, 5.41) is 0. The highest BCUT2D eigenvalue weighted by molar-refractivity contribution is 4.99. The summed E-state index contributed by atoms with van der Waals surface area (Å²) in [6.07, 6.45) is 3.95. The molecule has 5 heteroatoms. The van der Waals surface area contributed by atoms with E-state index >= 15 is 0 Å². The fourth-order valence-corrected chi connectivity index (χ4v) is 3.08. The molecule has 2 spiro atoms. The molecule has 3 saturated heterocycles. The van der Waals surface area contributed by atoms with E-state index in [4.69, 9.17) is 23.7 Å². The summed E-state index contributed by atoms with van der Waals surface area (Å²) in [6.45, 7) is 2.58. The molecule has 0 aromatic rings. The number of fused-ring (bicyclic) bond motifs is 1. The Bertz CT molecular complexity index is 302. The van der Waals surface area contributed by atoms with Gasteiger partial charge in [-0.1, -0.05) is 0 Å². The molecule has 4 rings (SSSR count). The summed E-state index contributed by atoms with van der Waals surface area (Å²) in [5.74, 6) is 0. The standard InChI is InChI=1S/C12H18O5/c1-4-13-12(14-5-1)15-7-11(8-16-12)3-2-9-10(6-11)17-9/h9-10H,1-8H2. The zero-order chi connectivity index (χ0) is 11.3. The van der Waals surface area contributed by atoms with Crippen LogP contribution in [0.4, 0.5) is 0 Å². The zero-order valence-corrected chi connectivity index (χ0v) is 9.85. The molecule has 3 aliphatic heterocycles. The van der Waals surface area contributed by atoms with Crippen molar-refractivity contribution in [2.24, 2.45) is 5.41 Å². The van der Waals surface area contributed by atoms with Crippen LogP contribution in [0, 0.1) is 5.41 Å². The van der Waals surface area contributed by atoms with Crippen LogP contribution in [-0.4, -0.2) is 44.8 Å². The van der Waals surface area contributed by atoms with Gasteiger partial charge in [-0.3, -0.25) is 0 Å². The van der Waals surface area contributed by atoms with E-state index in [1.807, 2.05) is 0 Å². The van der Waals surface area contributed by atoms with E-state index in [2.05, 4.69) is 0 Å². The maximum Gasteiger partial charge on any atom is 0.412 e. The first-order chi connectivity index (χ1) is 8.29. The number of ether oxygens (including phenoxy) is 5. The second kappa shape index (κ2) is 3.65. The highest BCUT2D eigenvalue weighted by Gasteiger charge is 2.55. The first-order valence-corrected chi connectivity index (χ1v) is 6.51. The average Bonchev–Trinajstić information content (AvgIpc) is 3.13. The SMILES string of the molecule is C1COC2(OC1)OCC1(CCC3OC3C1)CO2. The van der Waals surface area contributed by atoms with Gasteiger partial charge in [0.25, 0.3) is 0 Å². The van der Waals surface area contributed by atoms with Crippen LogP contribution in [0.25, 0.3) is 0 Å². The third kappa shape index (κ3) is 1.81. The van der Waals surface area contributed by atoms with Gasteiger partial charge in [0, 0.05) is 5.41 Å². The molecule has 96 valence electrons. The van der Waals surface area contributed by atoms with Crippen LogP contribution in [0.2, 0.25) is 0 Å². The lowest BCUT2D eigenvalue weighted by Gasteiger charge is -2.46. The van der Waals surface area contributed by atoms with Crippen molar-refractivity contribution in [1.29, 1.82) is 0 Å². The quantitative estimate of drug-likeness (QED) is 0.593. The van der Waals surface area contributed by atoms with Crippen molar-refractivity contribution in [2.75, 3.05) is 26.4 Å². The largest absolute Gasteiger partial charge is 0.412 e. The molecule has 0 bridgehead atoms. The summed E-state index contributed by atoms with van der Waals surface area (Å²) in [6, 6.07) is 0. The number of hydrogen-bond donors (Lipinski definition) is 0. The lowest BCUT2D eigenvalue weighted by atomic mass is 9.75. The Morgan fingerprint density at radius 3 is 2.35 bits per heavy atom. The molecule has 4 fully saturated rings. The van der Waals surface area contributed by atoms with E-state index in [0.29, 0.717) is 38.6 Å². The van der Waals surface area contributed by atoms with Gasteiger partial charge in [0.15, 0.2) is 0 Å². The van der Waals surface area contributed by atoms with Gasteiger partial charge >= 0.3 is 6.16 Å². The minimum absolute atomic E-state index is 0.118. The van der Waals surface area contributed by atoms with Gasteiger partial charge in [0.1, 0.15) is 0 Å². The van der Waals surface area contributed by atoms with Crippen molar-refractivity contribution in [2.45, 2.75) is 44.1 Å². The summed E-state index contributed by atoms with van der Waals surface area (Å²) < 4.78 is 28.0. The van der Waals surface area contributed by atoms with Crippen LogP contribution in [0.5, 0.6) is 0 Å². The second-order valence-electron chi connectivity index (χ2n) is 5.58. The van der Waals surface area contributed by atoms with Crippen LogP contribution in [0.15, 0.2) is 0 Å². The van der Waals surface area contributed by atoms with Crippen molar-refractivity contribution in [3.63, 3.8) is 0 Å². The first kappa shape index (κ1) is 10.7. The smallest absolute Gasteiger partial charge is 0.370 e. The van der Waals surface area contributed by atoms with E-state index in [0.717, 1.165) is 25.7 Å². The van der Waals surface area contributed by atoms with Crippen LogP contribution in [-0.2, 0) is 23.7 Å². The molecule has 2 unspecified atom stereocenters. The Balaban J connectivity index is 1.42. The fourth-order valence-electron chi connectivity index (χ4n) is 3.08. The zero-order valence-electron chi connectivity index (χ0n) is 9.85. The first-order valence-electron chi connectivity index (χ1n) is 6.51. The Morgan fingerprint density at radius 2 is 1.65 bits per heavy atom. The normalized spacial score (nSPS) is 42.4. The van der Waals surface area contributed by atoms with Crippen molar-refractivity contribution in [3.05, 3.63) is 0 Å². The number of rotatable bonds is 0. The molecular formula is C12H18O5. The Kier molecular flexibility index (Phi) is 2.30. The van der Waals surface area contributed by atoms with Gasteiger partial charge in [-0.15, -0.1) is 0 Å². The molecule has 4 aliphatic rings. The molecule has 0 amide bonds. The highest BCUT2D eigenvalue weighted by atomic mass is 17.0. The van der Waals surface area contributed by atoms with Crippen molar-refractivity contribution >= 4 is 0 Å². The average molecular weight is 242 g/mol. The molecule has 2 atom stereocenters. The van der Waals surface area contributed by atoms with Crippen LogP contribution < -0.4 is 0 Å². The van der Waals surface area contributed by atoms with Gasteiger partial charge in [0.2, 0.25) is 0 Å². The van der Waals surface area contributed by atoms with Crippen LogP contribution in [0.1, 0.15) is 25.7 Å². The maximum absolute atomic E-state index is 5.74. The molecule has 0 aromatic carbocycles. The summed E-state index contributed by atoms with van der Waals surface area (Å²) in [7, 11) is 0. The van der Waals surface area contributed by atoms with E-state index in [1.54, 1.807) is 0 Å². The number of hydrogen-bond acceptors (Lipinski definition) is 5. The van der Waals surface area contributed by atoms with Gasteiger partial charge < -0.3 is 23.7 Å². The summed E-state index contributed by atoms with van der Waals surface area (Å²) >= 11 is 0. The lowest BCUT2D eigenvalue weighted by Crippen LogP contribution is -2.55. The highest BCUT2D eigenvalue weighted by Crippen LogP contribution is 2.49. The second-order valence-corrected chi connectivity index (χ2v) is 5.58. The van der Waals surface area contributed by atoms with Gasteiger partial charge in [-0.25, -0.2) is 0 Å². The Labute approximate surface area is 100 Å². The molecule has 1 aliphatic carbocycles. The molecule has 5 nitrogen and oxygen atoms in total. The monoisotopic (exact) mass is 242 g/mol. The van der Waals surface area contributed by atoms with Crippen molar-refractivity contribution in [1.82, 2.24) is 0 Å². The number of epoxide rings is 1. The van der Waals surface area contributed by atoms with Gasteiger partial charge in [-0.2, -0.15) is 0 Å². The predicted octanol–water partition coefficient (Wildman–Crippen LogP) is 1.02. The van der Waals surface area contributed by atoms with E-state index in [-0.39, 0.29) is 5.41 Å². The summed E-state index contributed by atoms with van der Waals surface area (Å²) in [5.41, 5.74) is 0.118. The van der Waals surface area contributed by atoms with Gasteiger partial charge in [-0.05, 0) is 25.7 Å². The predicted molar refractivity (Wildman–Crippen MR) is 56.1 cm³/mol. The third-order valence-electron chi connectivity index (χ3n) is 4.24. The maximum atomic E-state index is 5.74. The lowest BCUT2D eigenvalue weighted by molar-refractivity contribution is -0.537. The molecule has 1 saturated carbocycles. The molecule has 3 heterocycles. The molecule has 0 aromatic heterocycles.